The summed E-state index contributed by atoms with van der Waals surface area (Å²) in [5.74, 6) is 0.634. The number of rotatable bonds is 6. The zero-order valence-corrected chi connectivity index (χ0v) is 18.0. The summed E-state index contributed by atoms with van der Waals surface area (Å²) < 4.78 is 38.3. The van der Waals surface area contributed by atoms with Crippen molar-refractivity contribution in [1.29, 1.82) is 0 Å². The van der Waals surface area contributed by atoms with Crippen LogP contribution in [0.5, 0.6) is 0 Å². The normalized spacial score (nSPS) is 21.5. The van der Waals surface area contributed by atoms with Crippen molar-refractivity contribution in [3.05, 3.63) is 17.3 Å². The summed E-state index contributed by atoms with van der Waals surface area (Å²) >= 11 is 1.14. The van der Waals surface area contributed by atoms with E-state index in [1.54, 1.807) is 18.4 Å². The van der Waals surface area contributed by atoms with Crippen LogP contribution in [0.25, 0.3) is 11.4 Å². The van der Waals surface area contributed by atoms with Crippen LogP contribution in [0.1, 0.15) is 57.3 Å². The molecule has 1 saturated heterocycles. The average Bonchev–Trinajstić information content (AvgIpc) is 3.49. The highest BCUT2D eigenvalue weighted by Crippen LogP contribution is 2.35. The van der Waals surface area contributed by atoms with Crippen LogP contribution in [0.15, 0.2) is 20.2 Å². The van der Waals surface area contributed by atoms with E-state index in [0.29, 0.717) is 49.2 Å². The quantitative estimate of drug-likeness (QED) is 0.635. The van der Waals surface area contributed by atoms with Gasteiger partial charge in [0.15, 0.2) is 0 Å². The molecule has 0 unspecified atom stereocenters. The summed E-state index contributed by atoms with van der Waals surface area (Å²) in [6.07, 6.45) is 5.74. The highest BCUT2D eigenvalue weighted by Gasteiger charge is 2.35. The largest absolute Gasteiger partial charge is 0.466 e. The zero-order valence-electron chi connectivity index (χ0n) is 16.4. The first kappa shape index (κ1) is 20.5. The molecule has 0 spiro atoms. The van der Waals surface area contributed by atoms with Crippen molar-refractivity contribution in [3.63, 3.8) is 0 Å². The highest BCUT2D eigenvalue weighted by atomic mass is 32.2. The van der Waals surface area contributed by atoms with E-state index in [1.807, 2.05) is 0 Å². The fourth-order valence-electron chi connectivity index (χ4n) is 4.00. The maximum atomic E-state index is 13.1. The first-order valence-corrected chi connectivity index (χ1v) is 12.4. The van der Waals surface area contributed by atoms with Gasteiger partial charge >= 0.3 is 5.97 Å². The molecule has 0 radical (unpaired) electrons. The number of nitrogens with zero attached hydrogens (tertiary/aromatic N) is 3. The molecule has 158 valence electrons. The minimum Gasteiger partial charge on any atom is -0.466 e. The standard InChI is InChI=1S/C19H25N3O5S2/c1-2-26-19(23)14-8-5-9-22(11-14)29(24,25)16-10-15(12-28-16)17-20-18(27-21-17)13-6-3-4-7-13/h10,12-14H,2-9,11H2,1H3/t14-/m1/s1. The summed E-state index contributed by atoms with van der Waals surface area (Å²) in [5.41, 5.74) is 0.639. The first-order chi connectivity index (χ1) is 14.0. The molecule has 0 aromatic carbocycles. The SMILES string of the molecule is CCOC(=O)[C@@H]1CCCN(S(=O)(=O)c2cc(-c3noc(C4CCCC4)n3)cs2)C1. The van der Waals surface area contributed by atoms with Crippen LogP contribution in [0, 0.1) is 5.92 Å². The second kappa shape index (κ2) is 8.53. The van der Waals surface area contributed by atoms with Gasteiger partial charge < -0.3 is 9.26 Å². The smallest absolute Gasteiger partial charge is 0.310 e. The number of sulfonamides is 1. The summed E-state index contributed by atoms with van der Waals surface area (Å²) in [5, 5.41) is 5.78. The Labute approximate surface area is 174 Å². The summed E-state index contributed by atoms with van der Waals surface area (Å²) in [6, 6.07) is 1.59. The molecule has 10 heteroatoms. The van der Waals surface area contributed by atoms with E-state index >= 15 is 0 Å². The zero-order chi connectivity index (χ0) is 20.4. The maximum absolute atomic E-state index is 13.1. The Bertz CT molecular complexity index is 962. The maximum Gasteiger partial charge on any atom is 0.310 e. The van der Waals surface area contributed by atoms with Crippen molar-refractivity contribution in [2.75, 3.05) is 19.7 Å². The number of hydrogen-bond donors (Lipinski definition) is 0. The Morgan fingerprint density at radius 3 is 2.86 bits per heavy atom. The topological polar surface area (TPSA) is 103 Å². The van der Waals surface area contributed by atoms with Crippen LogP contribution in [0.3, 0.4) is 0 Å². The van der Waals surface area contributed by atoms with Crippen molar-refractivity contribution in [3.8, 4) is 11.4 Å². The molecule has 4 rings (SSSR count). The molecule has 0 bridgehead atoms. The van der Waals surface area contributed by atoms with Gasteiger partial charge in [0.2, 0.25) is 11.7 Å². The van der Waals surface area contributed by atoms with Crippen LogP contribution in [0.4, 0.5) is 0 Å². The van der Waals surface area contributed by atoms with Crippen molar-refractivity contribution in [2.45, 2.75) is 55.6 Å². The lowest BCUT2D eigenvalue weighted by Crippen LogP contribution is -2.42. The molecular weight excluding hydrogens is 414 g/mol. The summed E-state index contributed by atoms with van der Waals surface area (Å²) in [7, 11) is -3.68. The molecule has 2 aromatic rings. The van der Waals surface area contributed by atoms with Crippen LogP contribution >= 0.6 is 11.3 Å². The number of hydrogen-bond acceptors (Lipinski definition) is 8. The second-order valence-electron chi connectivity index (χ2n) is 7.55. The Morgan fingerprint density at radius 1 is 1.31 bits per heavy atom. The summed E-state index contributed by atoms with van der Waals surface area (Å²) in [4.78, 5) is 16.5. The van der Waals surface area contributed by atoms with E-state index in [9.17, 15) is 13.2 Å². The third-order valence-electron chi connectivity index (χ3n) is 5.58. The Kier molecular flexibility index (Phi) is 6.03. The van der Waals surface area contributed by atoms with E-state index < -0.39 is 15.9 Å². The van der Waals surface area contributed by atoms with Crippen molar-refractivity contribution in [1.82, 2.24) is 14.4 Å². The Balaban J connectivity index is 1.50. The molecule has 2 fully saturated rings. The number of ether oxygens (including phenoxy) is 1. The van der Waals surface area contributed by atoms with Crippen LogP contribution in [-0.2, 0) is 19.6 Å². The number of piperidine rings is 1. The predicted molar refractivity (Wildman–Crippen MR) is 107 cm³/mol. The van der Waals surface area contributed by atoms with E-state index in [4.69, 9.17) is 9.26 Å². The molecule has 0 amide bonds. The molecule has 1 aliphatic carbocycles. The third-order valence-corrected chi connectivity index (χ3v) is 8.86. The number of esters is 1. The fourth-order valence-corrected chi connectivity index (χ4v) is 6.84. The van der Waals surface area contributed by atoms with Gasteiger partial charge in [-0.3, -0.25) is 4.79 Å². The van der Waals surface area contributed by atoms with Gasteiger partial charge in [0.05, 0.1) is 12.5 Å². The highest BCUT2D eigenvalue weighted by molar-refractivity contribution is 7.91. The lowest BCUT2D eigenvalue weighted by molar-refractivity contribution is -0.149. The van der Waals surface area contributed by atoms with Crippen molar-refractivity contribution >= 4 is 27.3 Å². The Hall–Kier alpha value is -1.78. The lowest BCUT2D eigenvalue weighted by atomic mass is 10.0. The molecule has 1 atom stereocenters. The van der Waals surface area contributed by atoms with E-state index in [2.05, 4.69) is 10.1 Å². The number of thiophene rings is 1. The van der Waals surface area contributed by atoms with Crippen LogP contribution < -0.4 is 0 Å². The monoisotopic (exact) mass is 439 g/mol. The van der Waals surface area contributed by atoms with E-state index in [-0.39, 0.29) is 16.7 Å². The van der Waals surface area contributed by atoms with E-state index in [1.165, 1.54) is 17.1 Å². The van der Waals surface area contributed by atoms with Gasteiger partial charge in [-0.25, -0.2) is 8.42 Å². The average molecular weight is 440 g/mol. The number of carbonyl (C=O) groups is 1. The molecule has 1 aliphatic heterocycles. The van der Waals surface area contributed by atoms with Gasteiger partial charge in [-0.15, -0.1) is 11.3 Å². The lowest BCUT2D eigenvalue weighted by Gasteiger charge is -2.30. The molecule has 29 heavy (non-hydrogen) atoms. The minimum atomic E-state index is -3.68. The van der Waals surface area contributed by atoms with Crippen molar-refractivity contribution in [2.24, 2.45) is 5.92 Å². The van der Waals surface area contributed by atoms with Crippen molar-refractivity contribution < 1.29 is 22.5 Å². The number of aromatic nitrogens is 2. The van der Waals surface area contributed by atoms with Gasteiger partial charge in [0, 0.05) is 30.0 Å². The third kappa shape index (κ3) is 4.24. The molecule has 2 aromatic heterocycles. The van der Waals surface area contributed by atoms with Gasteiger partial charge in [0.1, 0.15) is 4.21 Å². The molecule has 0 N–H and O–H groups in total. The molecule has 8 nitrogen and oxygen atoms in total. The Morgan fingerprint density at radius 2 is 2.10 bits per heavy atom. The molecular formula is C19H25N3O5S2. The molecule has 2 aliphatic rings. The number of carbonyl (C=O) groups excluding carboxylic acids is 1. The van der Waals surface area contributed by atoms with Gasteiger partial charge in [-0.1, -0.05) is 18.0 Å². The molecule has 3 heterocycles. The van der Waals surface area contributed by atoms with Gasteiger partial charge in [-0.05, 0) is 38.7 Å². The second-order valence-corrected chi connectivity index (χ2v) is 10.6. The van der Waals surface area contributed by atoms with Gasteiger partial charge in [-0.2, -0.15) is 9.29 Å². The molecule has 1 saturated carbocycles. The van der Waals surface area contributed by atoms with Gasteiger partial charge in [0.25, 0.3) is 10.0 Å². The minimum absolute atomic E-state index is 0.155. The summed E-state index contributed by atoms with van der Waals surface area (Å²) in [6.45, 7) is 2.60. The first-order valence-electron chi connectivity index (χ1n) is 10.1. The predicted octanol–water partition coefficient (Wildman–Crippen LogP) is 3.42. The fraction of sp³-hybridized carbons (Fsp3) is 0.632. The van der Waals surface area contributed by atoms with E-state index in [0.717, 1.165) is 24.2 Å². The van der Waals surface area contributed by atoms with Crippen LogP contribution in [0.2, 0.25) is 0 Å². The van der Waals surface area contributed by atoms with Crippen LogP contribution in [-0.4, -0.2) is 48.5 Å².